The van der Waals surface area contributed by atoms with Crippen LogP contribution in [0.3, 0.4) is 0 Å². The molecule has 1 heterocycles. The Bertz CT molecular complexity index is 1110. The van der Waals surface area contributed by atoms with E-state index < -0.39 is 11.9 Å². The highest BCUT2D eigenvalue weighted by atomic mass is 32.1. The van der Waals surface area contributed by atoms with Crippen molar-refractivity contribution in [3.05, 3.63) is 76.2 Å². The molecule has 3 aromatic rings. The molecule has 29 heavy (non-hydrogen) atoms. The predicted molar refractivity (Wildman–Crippen MR) is 110 cm³/mol. The van der Waals surface area contributed by atoms with Crippen molar-refractivity contribution in [1.29, 1.82) is 5.26 Å². The Balaban J connectivity index is 1.73. The summed E-state index contributed by atoms with van der Waals surface area (Å²) in [6.45, 7) is 2.09. The van der Waals surface area contributed by atoms with E-state index in [0.29, 0.717) is 10.7 Å². The fourth-order valence-corrected chi connectivity index (χ4v) is 3.28. The number of benzene rings is 2. The summed E-state index contributed by atoms with van der Waals surface area (Å²) >= 11 is 1.27. The first-order valence-electron chi connectivity index (χ1n) is 8.79. The largest absolute Gasteiger partial charge is 0.545 e. The topological polar surface area (TPSA) is 106 Å². The number of hydrogen-bond acceptors (Lipinski definition) is 6. The first kappa shape index (κ1) is 20.0. The van der Waals surface area contributed by atoms with Crippen LogP contribution in [0.4, 0.5) is 5.13 Å². The third-order valence-corrected chi connectivity index (χ3v) is 4.96. The van der Waals surface area contributed by atoms with Crippen LogP contribution < -0.4 is 10.4 Å². The van der Waals surface area contributed by atoms with E-state index in [9.17, 15) is 20.0 Å². The molecule has 0 saturated heterocycles. The summed E-state index contributed by atoms with van der Waals surface area (Å²) in [5.74, 6) is -1.87. The van der Waals surface area contributed by atoms with Crippen molar-refractivity contribution >= 4 is 34.4 Å². The van der Waals surface area contributed by atoms with E-state index in [-0.39, 0.29) is 11.1 Å². The number of anilines is 1. The number of carboxylic acid groups (broad SMARTS) is 1. The zero-order valence-electron chi connectivity index (χ0n) is 15.5. The molecule has 0 aliphatic carbocycles. The number of nitrogens with zero attached hydrogens (tertiary/aromatic N) is 2. The van der Waals surface area contributed by atoms with Gasteiger partial charge in [0.25, 0.3) is 5.91 Å². The average Bonchev–Trinajstić information content (AvgIpc) is 3.20. The van der Waals surface area contributed by atoms with Gasteiger partial charge in [-0.2, -0.15) is 5.26 Å². The molecule has 0 atom stereocenters. The van der Waals surface area contributed by atoms with Gasteiger partial charge < -0.3 is 9.90 Å². The number of carboxylic acids is 1. The van der Waals surface area contributed by atoms with Crippen LogP contribution in [0.25, 0.3) is 17.3 Å². The van der Waals surface area contributed by atoms with E-state index in [0.717, 1.165) is 17.7 Å². The zero-order chi connectivity index (χ0) is 20.8. The lowest BCUT2D eigenvalue weighted by Gasteiger charge is -2.03. The summed E-state index contributed by atoms with van der Waals surface area (Å²) in [4.78, 5) is 27.6. The molecule has 6 nitrogen and oxygen atoms in total. The molecule has 3 rings (SSSR count). The number of rotatable bonds is 6. The van der Waals surface area contributed by atoms with Gasteiger partial charge in [-0.25, -0.2) is 4.98 Å². The quantitative estimate of drug-likeness (QED) is 0.503. The minimum Gasteiger partial charge on any atom is -0.545 e. The second kappa shape index (κ2) is 8.95. The van der Waals surface area contributed by atoms with Crippen molar-refractivity contribution in [1.82, 2.24) is 4.98 Å². The number of carbonyl (C=O) groups is 2. The van der Waals surface area contributed by atoms with Gasteiger partial charge in [-0.1, -0.05) is 55.5 Å². The molecule has 144 valence electrons. The third-order valence-electron chi connectivity index (χ3n) is 4.21. The molecule has 0 bridgehead atoms. The third kappa shape index (κ3) is 4.94. The first-order valence-corrected chi connectivity index (χ1v) is 9.67. The predicted octanol–water partition coefficient (Wildman–Crippen LogP) is 3.28. The number of aromatic carboxylic acids is 1. The Kier molecular flexibility index (Phi) is 6.17. The van der Waals surface area contributed by atoms with Crippen molar-refractivity contribution in [2.24, 2.45) is 0 Å². The summed E-state index contributed by atoms with van der Waals surface area (Å²) in [7, 11) is 0. The van der Waals surface area contributed by atoms with Crippen LogP contribution in [0.5, 0.6) is 0 Å². The second-order valence-corrected chi connectivity index (χ2v) is 6.98. The molecule has 0 radical (unpaired) electrons. The van der Waals surface area contributed by atoms with E-state index in [1.54, 1.807) is 0 Å². The van der Waals surface area contributed by atoms with E-state index in [1.165, 1.54) is 47.2 Å². The number of carbonyl (C=O) groups excluding carboxylic acids is 2. The molecule has 1 N–H and O–H groups in total. The fourth-order valence-electron chi connectivity index (χ4n) is 2.57. The summed E-state index contributed by atoms with van der Waals surface area (Å²) in [5.41, 5.74) is 3.35. The number of aryl methyl sites for hydroxylation is 1. The normalized spacial score (nSPS) is 11.0. The van der Waals surface area contributed by atoms with Gasteiger partial charge in [-0.15, -0.1) is 11.3 Å². The zero-order valence-corrected chi connectivity index (χ0v) is 16.3. The second-order valence-electron chi connectivity index (χ2n) is 6.12. The molecule has 1 amide bonds. The molecule has 0 aliphatic rings. The van der Waals surface area contributed by atoms with Crippen LogP contribution in [0, 0.1) is 11.3 Å². The summed E-state index contributed by atoms with van der Waals surface area (Å²) < 4.78 is 0. The summed E-state index contributed by atoms with van der Waals surface area (Å²) in [6.07, 6.45) is 2.34. The number of nitrogens with one attached hydrogen (secondary N) is 1. The molecule has 0 aliphatic heterocycles. The molecule has 0 saturated carbocycles. The standard InChI is InChI=1S/C22H17N3O3S/c1-2-14-3-7-16(8-4-14)19-13-29-22(24-19)25-20(26)18(12-23)11-15-5-9-17(10-6-15)21(27)28/h3-11,13H,2H2,1H3,(H,27,28)(H,24,25,26)/p-1/b18-11+. The number of aromatic nitrogens is 1. The van der Waals surface area contributed by atoms with Gasteiger partial charge in [-0.05, 0) is 29.2 Å². The van der Waals surface area contributed by atoms with Gasteiger partial charge in [0, 0.05) is 10.9 Å². The number of amides is 1. The van der Waals surface area contributed by atoms with Crippen LogP contribution >= 0.6 is 11.3 Å². The lowest BCUT2D eigenvalue weighted by molar-refractivity contribution is -0.255. The van der Waals surface area contributed by atoms with Gasteiger partial charge in [0.1, 0.15) is 11.6 Å². The molecule has 2 aromatic carbocycles. The maximum atomic E-state index is 12.4. The van der Waals surface area contributed by atoms with Gasteiger partial charge in [0.15, 0.2) is 5.13 Å². The van der Waals surface area contributed by atoms with Crippen LogP contribution in [0.1, 0.15) is 28.4 Å². The van der Waals surface area contributed by atoms with Gasteiger partial charge in [0.2, 0.25) is 0 Å². The molecule has 1 aromatic heterocycles. The Labute approximate surface area is 171 Å². The summed E-state index contributed by atoms with van der Waals surface area (Å²) in [6, 6.07) is 15.6. The smallest absolute Gasteiger partial charge is 0.268 e. The molecular weight excluding hydrogens is 386 g/mol. The lowest BCUT2D eigenvalue weighted by Crippen LogP contribution is -2.21. The summed E-state index contributed by atoms with van der Waals surface area (Å²) in [5, 5.41) is 25.0. The van der Waals surface area contributed by atoms with Crippen molar-refractivity contribution in [2.75, 3.05) is 5.32 Å². The Morgan fingerprint density at radius 1 is 1.17 bits per heavy atom. The molecular formula is C22H16N3O3S-. The highest BCUT2D eigenvalue weighted by Crippen LogP contribution is 2.25. The number of hydrogen-bond donors (Lipinski definition) is 1. The fraction of sp³-hybridized carbons (Fsp3) is 0.0909. The van der Waals surface area contributed by atoms with Gasteiger partial charge >= 0.3 is 0 Å². The van der Waals surface area contributed by atoms with Crippen LogP contribution in [0.15, 0.2) is 59.5 Å². The highest BCUT2D eigenvalue weighted by molar-refractivity contribution is 7.14. The SMILES string of the molecule is CCc1ccc(-c2csc(NC(=O)/C(C#N)=C/c3ccc(C(=O)[O-])cc3)n2)cc1. The van der Waals surface area contributed by atoms with E-state index in [2.05, 4.69) is 17.2 Å². The first-order chi connectivity index (χ1) is 14.0. The highest BCUT2D eigenvalue weighted by Gasteiger charge is 2.12. The van der Waals surface area contributed by atoms with Crippen molar-refractivity contribution in [2.45, 2.75) is 13.3 Å². The van der Waals surface area contributed by atoms with E-state index in [4.69, 9.17) is 0 Å². The van der Waals surface area contributed by atoms with Crippen LogP contribution in [-0.4, -0.2) is 16.9 Å². The monoisotopic (exact) mass is 402 g/mol. The van der Waals surface area contributed by atoms with Gasteiger partial charge in [-0.3, -0.25) is 10.1 Å². The molecule has 7 heteroatoms. The van der Waals surface area contributed by atoms with Crippen LogP contribution in [0.2, 0.25) is 0 Å². The maximum Gasteiger partial charge on any atom is 0.268 e. The Morgan fingerprint density at radius 2 is 1.86 bits per heavy atom. The Morgan fingerprint density at radius 3 is 2.45 bits per heavy atom. The van der Waals surface area contributed by atoms with E-state index in [1.807, 2.05) is 35.7 Å². The number of thiazole rings is 1. The molecule has 0 unspecified atom stereocenters. The maximum absolute atomic E-state index is 12.4. The van der Waals surface area contributed by atoms with E-state index >= 15 is 0 Å². The minimum atomic E-state index is -1.29. The molecule has 0 spiro atoms. The van der Waals surface area contributed by atoms with Crippen molar-refractivity contribution < 1.29 is 14.7 Å². The minimum absolute atomic E-state index is 0.0207. The van der Waals surface area contributed by atoms with Crippen molar-refractivity contribution in [3.8, 4) is 17.3 Å². The van der Waals surface area contributed by atoms with Crippen molar-refractivity contribution in [3.63, 3.8) is 0 Å². The molecule has 0 fully saturated rings. The Hall–Kier alpha value is -3.76. The lowest BCUT2D eigenvalue weighted by atomic mass is 10.1. The number of nitriles is 1. The average molecular weight is 402 g/mol. The van der Waals surface area contributed by atoms with Crippen LogP contribution in [-0.2, 0) is 11.2 Å². The van der Waals surface area contributed by atoms with Gasteiger partial charge in [0.05, 0.1) is 11.7 Å².